The highest BCUT2D eigenvalue weighted by Crippen LogP contribution is 2.20. The lowest BCUT2D eigenvalue weighted by Crippen LogP contribution is -2.49. The molecule has 0 unspecified atom stereocenters. The van der Waals surface area contributed by atoms with Crippen molar-refractivity contribution in [3.8, 4) is 0 Å². The zero-order valence-corrected chi connectivity index (χ0v) is 14.4. The van der Waals surface area contributed by atoms with Crippen molar-refractivity contribution in [1.82, 2.24) is 19.9 Å². The number of anilines is 1. The van der Waals surface area contributed by atoms with Crippen LogP contribution in [0, 0.1) is 12.7 Å². The van der Waals surface area contributed by atoms with E-state index in [9.17, 15) is 9.18 Å². The number of carbonyl (C=O) groups is 1. The van der Waals surface area contributed by atoms with Crippen molar-refractivity contribution in [2.75, 3.05) is 31.1 Å². The SMILES string of the molecule is Cc1nc2cc(F)ccc2cc1C(=O)N1CCN(c2ncccn2)CC1. The number of fused-ring (bicyclic) bond motifs is 1. The van der Waals surface area contributed by atoms with Gasteiger partial charge in [-0.05, 0) is 31.2 Å². The van der Waals surface area contributed by atoms with Crippen LogP contribution in [-0.2, 0) is 0 Å². The molecule has 7 heteroatoms. The topological polar surface area (TPSA) is 62.2 Å². The highest BCUT2D eigenvalue weighted by atomic mass is 19.1. The number of piperazine rings is 1. The number of rotatable bonds is 2. The fraction of sp³-hybridized carbons (Fsp3) is 0.263. The van der Waals surface area contributed by atoms with Gasteiger partial charge in [0.25, 0.3) is 5.91 Å². The molecule has 1 aliphatic heterocycles. The van der Waals surface area contributed by atoms with E-state index in [1.807, 2.05) is 4.90 Å². The number of hydrogen-bond donors (Lipinski definition) is 0. The normalized spacial score (nSPS) is 14.7. The number of nitrogens with zero attached hydrogens (tertiary/aromatic N) is 5. The van der Waals surface area contributed by atoms with Crippen LogP contribution in [0.15, 0.2) is 42.7 Å². The number of pyridine rings is 1. The summed E-state index contributed by atoms with van der Waals surface area (Å²) < 4.78 is 13.4. The van der Waals surface area contributed by atoms with Crippen LogP contribution < -0.4 is 4.90 Å². The van der Waals surface area contributed by atoms with Crippen LogP contribution in [0.5, 0.6) is 0 Å². The second kappa shape index (κ2) is 6.67. The summed E-state index contributed by atoms with van der Waals surface area (Å²) in [6.07, 6.45) is 3.43. The van der Waals surface area contributed by atoms with Crippen LogP contribution in [0.4, 0.5) is 10.3 Å². The molecule has 1 aromatic carbocycles. The number of aryl methyl sites for hydroxylation is 1. The lowest BCUT2D eigenvalue weighted by atomic mass is 10.1. The minimum atomic E-state index is -0.331. The largest absolute Gasteiger partial charge is 0.337 e. The fourth-order valence-corrected chi connectivity index (χ4v) is 3.19. The second-order valence-electron chi connectivity index (χ2n) is 6.29. The third-order valence-electron chi connectivity index (χ3n) is 4.60. The van der Waals surface area contributed by atoms with Gasteiger partial charge in [-0.25, -0.2) is 14.4 Å². The summed E-state index contributed by atoms with van der Waals surface area (Å²) in [7, 11) is 0. The molecule has 0 atom stereocenters. The van der Waals surface area contributed by atoms with Gasteiger partial charge in [-0.3, -0.25) is 9.78 Å². The molecule has 2 aromatic heterocycles. The van der Waals surface area contributed by atoms with E-state index in [-0.39, 0.29) is 11.7 Å². The zero-order valence-electron chi connectivity index (χ0n) is 14.4. The second-order valence-corrected chi connectivity index (χ2v) is 6.29. The molecule has 0 N–H and O–H groups in total. The van der Waals surface area contributed by atoms with Gasteiger partial charge in [0.1, 0.15) is 5.82 Å². The number of carbonyl (C=O) groups excluding carboxylic acids is 1. The zero-order chi connectivity index (χ0) is 18.1. The summed E-state index contributed by atoms with van der Waals surface area (Å²) in [5.41, 5.74) is 1.74. The molecular weight excluding hydrogens is 333 g/mol. The van der Waals surface area contributed by atoms with Gasteiger partial charge in [0.2, 0.25) is 5.95 Å². The monoisotopic (exact) mass is 351 g/mol. The van der Waals surface area contributed by atoms with E-state index < -0.39 is 0 Å². The molecule has 3 aromatic rings. The van der Waals surface area contributed by atoms with Crippen molar-refractivity contribution < 1.29 is 9.18 Å². The Morgan fingerprint density at radius 3 is 2.54 bits per heavy atom. The Hall–Kier alpha value is -3.09. The van der Waals surface area contributed by atoms with E-state index in [4.69, 9.17) is 0 Å². The average Bonchev–Trinajstić information content (AvgIpc) is 2.68. The van der Waals surface area contributed by atoms with Crippen LogP contribution in [0.3, 0.4) is 0 Å². The summed E-state index contributed by atoms with van der Waals surface area (Å²) in [5, 5.41) is 0.761. The number of benzene rings is 1. The Morgan fingerprint density at radius 1 is 1.08 bits per heavy atom. The Bertz CT molecular complexity index is 955. The highest BCUT2D eigenvalue weighted by Gasteiger charge is 2.25. The van der Waals surface area contributed by atoms with Gasteiger partial charge >= 0.3 is 0 Å². The van der Waals surface area contributed by atoms with Crippen molar-refractivity contribution >= 4 is 22.8 Å². The van der Waals surface area contributed by atoms with Crippen LogP contribution in [-0.4, -0.2) is 51.9 Å². The molecule has 3 heterocycles. The van der Waals surface area contributed by atoms with Crippen molar-refractivity contribution in [2.45, 2.75) is 6.92 Å². The van der Waals surface area contributed by atoms with Gasteiger partial charge in [-0.2, -0.15) is 0 Å². The van der Waals surface area contributed by atoms with E-state index in [0.717, 1.165) is 5.39 Å². The average molecular weight is 351 g/mol. The lowest BCUT2D eigenvalue weighted by molar-refractivity contribution is 0.0745. The molecule has 1 saturated heterocycles. The summed E-state index contributed by atoms with van der Waals surface area (Å²) in [4.78, 5) is 29.7. The molecule has 4 rings (SSSR count). The molecule has 0 aliphatic carbocycles. The minimum Gasteiger partial charge on any atom is -0.337 e. The van der Waals surface area contributed by atoms with E-state index >= 15 is 0 Å². The van der Waals surface area contributed by atoms with Gasteiger partial charge in [0.05, 0.1) is 16.8 Å². The van der Waals surface area contributed by atoms with Crippen molar-refractivity contribution in [1.29, 1.82) is 0 Å². The first-order chi connectivity index (χ1) is 12.6. The third kappa shape index (κ3) is 3.08. The van der Waals surface area contributed by atoms with Crippen molar-refractivity contribution in [3.63, 3.8) is 0 Å². The number of hydrogen-bond acceptors (Lipinski definition) is 5. The van der Waals surface area contributed by atoms with Crippen molar-refractivity contribution in [2.24, 2.45) is 0 Å². The van der Waals surface area contributed by atoms with Crippen molar-refractivity contribution in [3.05, 3.63) is 59.8 Å². The van der Waals surface area contributed by atoms with Gasteiger partial charge < -0.3 is 9.80 Å². The Balaban J connectivity index is 1.52. The highest BCUT2D eigenvalue weighted by molar-refractivity contribution is 5.98. The molecule has 132 valence electrons. The van der Waals surface area contributed by atoms with Gasteiger partial charge in [-0.1, -0.05) is 0 Å². The third-order valence-corrected chi connectivity index (χ3v) is 4.60. The van der Waals surface area contributed by atoms with Crippen LogP contribution in [0.25, 0.3) is 10.9 Å². The van der Waals surface area contributed by atoms with Crippen LogP contribution in [0.1, 0.15) is 16.1 Å². The number of halogens is 1. The molecule has 0 bridgehead atoms. The van der Waals surface area contributed by atoms with E-state index in [1.54, 1.807) is 37.5 Å². The Kier molecular flexibility index (Phi) is 4.20. The molecular formula is C19H18FN5O. The van der Waals surface area contributed by atoms with Gasteiger partial charge in [0.15, 0.2) is 0 Å². The molecule has 0 spiro atoms. The Morgan fingerprint density at radius 2 is 1.81 bits per heavy atom. The number of amides is 1. The molecule has 6 nitrogen and oxygen atoms in total. The molecule has 26 heavy (non-hydrogen) atoms. The molecule has 0 saturated carbocycles. The molecule has 1 aliphatic rings. The summed E-state index contributed by atoms with van der Waals surface area (Å²) >= 11 is 0. The molecule has 1 amide bonds. The maximum absolute atomic E-state index is 13.4. The smallest absolute Gasteiger partial charge is 0.255 e. The minimum absolute atomic E-state index is 0.0464. The fourth-order valence-electron chi connectivity index (χ4n) is 3.19. The van der Waals surface area contributed by atoms with Crippen LogP contribution >= 0.6 is 0 Å². The maximum Gasteiger partial charge on any atom is 0.255 e. The van der Waals surface area contributed by atoms with E-state index in [0.29, 0.717) is 48.9 Å². The summed E-state index contributed by atoms with van der Waals surface area (Å²) in [6.45, 7) is 4.34. The van der Waals surface area contributed by atoms with Gasteiger partial charge in [0, 0.05) is 50.0 Å². The molecule has 1 fully saturated rings. The Labute approximate surface area is 150 Å². The predicted molar refractivity (Wildman–Crippen MR) is 96.6 cm³/mol. The van der Waals surface area contributed by atoms with Crippen LogP contribution in [0.2, 0.25) is 0 Å². The van der Waals surface area contributed by atoms with Gasteiger partial charge in [-0.15, -0.1) is 0 Å². The first-order valence-corrected chi connectivity index (χ1v) is 8.50. The summed E-state index contributed by atoms with van der Waals surface area (Å²) in [5.74, 6) is 0.308. The number of aromatic nitrogens is 3. The molecule has 0 radical (unpaired) electrons. The lowest BCUT2D eigenvalue weighted by Gasteiger charge is -2.34. The van der Waals surface area contributed by atoms with E-state index in [2.05, 4.69) is 19.9 Å². The summed E-state index contributed by atoms with van der Waals surface area (Å²) in [6, 6.07) is 8.00. The first-order valence-electron chi connectivity index (χ1n) is 8.50. The predicted octanol–water partition coefficient (Wildman–Crippen LogP) is 2.43. The quantitative estimate of drug-likeness (QED) is 0.710. The standard InChI is InChI=1S/C19H18FN5O/c1-13-16(11-14-3-4-15(20)12-17(14)23-13)18(26)24-7-9-25(10-8-24)19-21-5-2-6-22-19/h2-6,11-12H,7-10H2,1H3. The van der Waals surface area contributed by atoms with E-state index in [1.165, 1.54) is 12.1 Å². The maximum atomic E-state index is 13.4. The first kappa shape index (κ1) is 16.4.